The standard InChI is InChI=1S/C45H29N3.C43H27N3.C41H27N3/c1-3-11-30(12-4-1)32-19-23-34(24-20-32)43-46-44(35-25-21-33(22-26-35)31-13-5-2-6-14-31)48-45(47-43)36-27-28-41-39-17-8-7-15-37(39)38-16-9-10-18-40(38)42(41)29-36;1-2-8-28(9-3-1)29-14-18-32(19-15-29)41-44-42(35-22-24-39-33(26-35)20-16-30-10-4-6-12-37(30)39)46-43(45-41)36-23-25-40-34(27-36)21-17-31-11-5-7-13-38(31)40;1-3-9-28(10-4-1)30-15-20-33(21-16-30)39-42-40(34-22-17-31(18-23-34)29-11-5-2-6-12-29)44-41(43-39)36-25-26-38-35(27-36)24-19-32-13-7-8-14-37(32)38/h1-29H;1-27H;1-27H. The van der Waals surface area contributed by atoms with E-state index in [0.717, 1.165) is 94.0 Å². The predicted molar refractivity (Wildman–Crippen MR) is 573 cm³/mol. The summed E-state index contributed by atoms with van der Waals surface area (Å²) in [4.78, 5) is 45.4. The molecule has 9 heteroatoms. The summed E-state index contributed by atoms with van der Waals surface area (Å²) >= 11 is 0. The average Bonchev–Trinajstić information content (AvgIpc) is 0.740. The molecule has 0 amide bonds. The summed E-state index contributed by atoms with van der Waals surface area (Å²) in [6.45, 7) is 0. The van der Waals surface area contributed by atoms with Gasteiger partial charge in [-0.1, -0.05) is 479 Å². The Morgan fingerprint density at radius 3 is 0.464 bits per heavy atom. The molecule has 26 aromatic rings. The Morgan fingerprint density at radius 2 is 0.225 bits per heavy atom. The molecule has 0 fully saturated rings. The van der Waals surface area contributed by atoms with Crippen molar-refractivity contribution < 1.29 is 0 Å². The second-order valence-electron chi connectivity index (χ2n) is 34.7. The van der Waals surface area contributed by atoms with Crippen molar-refractivity contribution in [2.24, 2.45) is 0 Å². The summed E-state index contributed by atoms with van der Waals surface area (Å²) in [6, 6.07) is 176. The van der Waals surface area contributed by atoms with Crippen LogP contribution in [-0.2, 0) is 0 Å². The lowest BCUT2D eigenvalue weighted by atomic mass is 9.93. The van der Waals surface area contributed by atoms with E-state index in [1.165, 1.54) is 109 Å². The second kappa shape index (κ2) is 36.5. The maximum absolute atomic E-state index is 5.09. The number of aromatic nitrogens is 9. The van der Waals surface area contributed by atoms with Crippen LogP contribution in [0.25, 0.3) is 255 Å². The van der Waals surface area contributed by atoms with E-state index < -0.39 is 0 Å². The summed E-state index contributed by atoms with van der Waals surface area (Å²) < 4.78 is 0. The van der Waals surface area contributed by atoms with E-state index in [4.69, 9.17) is 44.9 Å². The lowest BCUT2D eigenvalue weighted by Crippen LogP contribution is -2.00. The van der Waals surface area contributed by atoms with Crippen LogP contribution in [-0.4, -0.2) is 44.9 Å². The number of hydrogen-bond donors (Lipinski definition) is 0. The zero-order valence-electron chi connectivity index (χ0n) is 74.9. The van der Waals surface area contributed by atoms with Crippen LogP contribution in [0.5, 0.6) is 0 Å². The van der Waals surface area contributed by atoms with E-state index in [2.05, 4.69) is 473 Å². The van der Waals surface area contributed by atoms with Crippen molar-refractivity contribution in [2.45, 2.75) is 0 Å². The van der Waals surface area contributed by atoms with Crippen LogP contribution in [0, 0.1) is 0 Å². The normalized spacial score (nSPS) is 11.3. The van der Waals surface area contributed by atoms with Crippen molar-refractivity contribution in [1.29, 1.82) is 0 Å². The minimum atomic E-state index is 0.644. The van der Waals surface area contributed by atoms with E-state index in [1.54, 1.807) is 0 Å². The van der Waals surface area contributed by atoms with Gasteiger partial charge in [-0.3, -0.25) is 0 Å². The fraction of sp³-hybridized carbons (Fsp3) is 0. The molecule has 26 rings (SSSR count). The van der Waals surface area contributed by atoms with Crippen molar-refractivity contribution in [3.63, 3.8) is 0 Å². The first-order valence-corrected chi connectivity index (χ1v) is 46.5. The molecule has 0 bridgehead atoms. The maximum Gasteiger partial charge on any atom is 0.164 e. The molecule has 0 aliphatic rings. The van der Waals surface area contributed by atoms with Gasteiger partial charge in [-0.05, 0) is 177 Å². The van der Waals surface area contributed by atoms with Gasteiger partial charge in [0.05, 0.1) is 0 Å². The third-order valence-electron chi connectivity index (χ3n) is 26.2. The van der Waals surface area contributed by atoms with Gasteiger partial charge in [-0.2, -0.15) is 0 Å². The van der Waals surface area contributed by atoms with Gasteiger partial charge in [0.1, 0.15) is 0 Å². The van der Waals surface area contributed by atoms with Crippen LogP contribution in [0.15, 0.2) is 504 Å². The lowest BCUT2D eigenvalue weighted by molar-refractivity contribution is 1.07. The van der Waals surface area contributed by atoms with Crippen LogP contribution in [0.2, 0.25) is 0 Å². The molecule has 3 heterocycles. The van der Waals surface area contributed by atoms with Crippen LogP contribution in [0.1, 0.15) is 0 Å². The van der Waals surface area contributed by atoms with Gasteiger partial charge in [0.2, 0.25) is 0 Å². The highest BCUT2D eigenvalue weighted by molar-refractivity contribution is 6.26. The molecule has 3 aromatic heterocycles. The first kappa shape index (κ1) is 82.6. The molecule has 0 radical (unpaired) electrons. The van der Waals surface area contributed by atoms with E-state index in [1.807, 2.05) is 30.3 Å². The molecule has 9 nitrogen and oxygen atoms in total. The number of benzene rings is 23. The predicted octanol–water partition coefficient (Wildman–Crippen LogP) is 33.3. The highest BCUT2D eigenvalue weighted by atomic mass is 15.1. The smallest absolute Gasteiger partial charge is 0.164 e. The van der Waals surface area contributed by atoms with Crippen LogP contribution < -0.4 is 0 Å². The van der Waals surface area contributed by atoms with Crippen molar-refractivity contribution in [3.8, 4) is 158 Å². The quantitative estimate of drug-likeness (QED) is 0.0981. The highest BCUT2D eigenvalue weighted by Crippen LogP contribution is 2.42. The molecule has 0 aliphatic carbocycles. The first-order chi connectivity index (χ1) is 68.3. The topological polar surface area (TPSA) is 116 Å². The lowest BCUT2D eigenvalue weighted by Gasteiger charge is -2.13. The molecule has 0 saturated carbocycles. The van der Waals surface area contributed by atoms with Gasteiger partial charge < -0.3 is 0 Å². The molecular weight excluding hydrogens is 1680 g/mol. The van der Waals surface area contributed by atoms with Crippen molar-refractivity contribution in [1.82, 2.24) is 44.9 Å². The molecule has 0 spiro atoms. The van der Waals surface area contributed by atoms with Gasteiger partial charge in [0.15, 0.2) is 52.4 Å². The van der Waals surface area contributed by atoms with Crippen molar-refractivity contribution >= 4 is 97.0 Å². The molecule has 0 atom stereocenters. The molecular formula is C129H83N9. The summed E-state index contributed by atoms with van der Waals surface area (Å²) in [7, 11) is 0. The van der Waals surface area contributed by atoms with E-state index in [-0.39, 0.29) is 0 Å². The summed E-state index contributed by atoms with van der Waals surface area (Å²) in [5, 5.41) is 21.9. The Morgan fingerprint density at radius 1 is 0.0797 bits per heavy atom. The minimum absolute atomic E-state index is 0.644. The van der Waals surface area contributed by atoms with Gasteiger partial charge in [0.25, 0.3) is 0 Å². The molecule has 0 aliphatic heterocycles. The number of hydrogen-bond acceptors (Lipinski definition) is 9. The van der Waals surface area contributed by atoms with Crippen LogP contribution in [0.3, 0.4) is 0 Å². The first-order valence-electron chi connectivity index (χ1n) is 46.5. The van der Waals surface area contributed by atoms with Crippen molar-refractivity contribution in [2.75, 3.05) is 0 Å². The molecule has 0 N–H and O–H groups in total. The molecule has 138 heavy (non-hydrogen) atoms. The van der Waals surface area contributed by atoms with E-state index >= 15 is 0 Å². The van der Waals surface area contributed by atoms with Crippen LogP contribution in [0.4, 0.5) is 0 Å². The molecule has 23 aromatic carbocycles. The fourth-order valence-electron chi connectivity index (χ4n) is 19.0. The summed E-state index contributed by atoms with van der Waals surface area (Å²) in [5.41, 5.74) is 20.2. The summed E-state index contributed by atoms with van der Waals surface area (Å²) in [6.07, 6.45) is 0. The summed E-state index contributed by atoms with van der Waals surface area (Å²) in [5.74, 6) is 5.84. The maximum atomic E-state index is 5.09. The second-order valence-corrected chi connectivity index (χ2v) is 34.7. The van der Waals surface area contributed by atoms with Gasteiger partial charge in [0, 0.05) is 50.1 Å². The van der Waals surface area contributed by atoms with Crippen LogP contribution >= 0.6 is 0 Å². The Balaban J connectivity index is 0.000000113. The Labute approximate surface area is 797 Å². The van der Waals surface area contributed by atoms with Crippen molar-refractivity contribution in [3.05, 3.63) is 504 Å². The zero-order valence-corrected chi connectivity index (χ0v) is 74.9. The Kier molecular flexibility index (Phi) is 21.9. The van der Waals surface area contributed by atoms with Gasteiger partial charge in [-0.15, -0.1) is 0 Å². The third kappa shape index (κ3) is 16.6. The third-order valence-corrected chi connectivity index (χ3v) is 26.2. The number of rotatable bonds is 14. The monoisotopic (exact) mass is 1760 g/mol. The molecule has 0 saturated heterocycles. The zero-order chi connectivity index (χ0) is 91.6. The van der Waals surface area contributed by atoms with E-state index in [0.29, 0.717) is 52.4 Å². The van der Waals surface area contributed by atoms with Gasteiger partial charge >= 0.3 is 0 Å². The molecule has 0 unspecified atom stereocenters. The Hall–Kier alpha value is -18.6. The number of nitrogens with zero attached hydrogens (tertiary/aromatic N) is 9. The Bertz CT molecular complexity index is 8690. The fourth-order valence-corrected chi connectivity index (χ4v) is 19.0. The SMILES string of the molecule is c1ccc(-c2ccc(-c3nc(-c4ccc(-c5ccccc5)cc4)nc(-c4ccc5c(ccc6ccccc65)c4)n3)cc2)cc1.c1ccc(-c2ccc(-c3nc(-c4ccc(-c5ccccc5)cc4)nc(-c4ccc5c6ccccc6c6ccccc6c5c4)n3)cc2)cc1.c1ccc(-c2ccc(-c3nc(-c4ccc5c(ccc6ccccc65)c4)nc(-c4ccc5c(ccc6ccccc65)c4)n3)cc2)cc1. The molecule has 644 valence electrons. The number of fused-ring (bicyclic) bond motifs is 15. The largest absolute Gasteiger partial charge is 0.208 e. The highest BCUT2D eigenvalue weighted by Gasteiger charge is 2.21. The van der Waals surface area contributed by atoms with Gasteiger partial charge in [-0.25, -0.2) is 44.9 Å². The minimum Gasteiger partial charge on any atom is -0.208 e. The van der Waals surface area contributed by atoms with E-state index in [9.17, 15) is 0 Å². The average molecular weight is 1760 g/mol.